The first-order chi connectivity index (χ1) is 7.01. The average Bonchev–Trinajstić information content (AvgIpc) is 2.14. The third kappa shape index (κ3) is 5.01. The summed E-state index contributed by atoms with van der Waals surface area (Å²) in [4.78, 5) is 11.2. The van der Waals surface area contributed by atoms with Crippen LogP contribution in [0.15, 0.2) is 0 Å². The standard InChI is InChI=1S/C13H23ClO/c1-13(2)9-5-3-4-7-11(12(14)15)8-6-10-13/h11H,3-10H2,1-2H3. The molecule has 1 aliphatic carbocycles. The normalized spacial score (nSPS) is 28.3. The van der Waals surface area contributed by atoms with Gasteiger partial charge in [0.05, 0.1) is 0 Å². The molecule has 0 aromatic rings. The van der Waals surface area contributed by atoms with Crippen LogP contribution >= 0.6 is 11.6 Å². The fraction of sp³-hybridized carbons (Fsp3) is 0.923. The van der Waals surface area contributed by atoms with Gasteiger partial charge in [-0.15, -0.1) is 0 Å². The first kappa shape index (κ1) is 13.0. The first-order valence-corrected chi connectivity index (χ1v) is 6.58. The van der Waals surface area contributed by atoms with Crippen LogP contribution in [-0.2, 0) is 4.79 Å². The lowest BCUT2D eigenvalue weighted by Gasteiger charge is -2.26. The lowest BCUT2D eigenvalue weighted by Crippen LogP contribution is -2.15. The predicted molar refractivity (Wildman–Crippen MR) is 65.1 cm³/mol. The third-order valence-electron chi connectivity index (χ3n) is 3.63. The van der Waals surface area contributed by atoms with E-state index in [0.717, 1.165) is 19.3 Å². The Bertz CT molecular complexity index is 211. The molecule has 1 saturated carbocycles. The summed E-state index contributed by atoms with van der Waals surface area (Å²) in [6.45, 7) is 4.68. The summed E-state index contributed by atoms with van der Waals surface area (Å²) in [6, 6.07) is 0. The molecule has 1 unspecified atom stereocenters. The molecule has 2 heteroatoms. The van der Waals surface area contributed by atoms with E-state index >= 15 is 0 Å². The smallest absolute Gasteiger partial charge is 0.224 e. The van der Waals surface area contributed by atoms with Gasteiger partial charge in [-0.25, -0.2) is 0 Å². The summed E-state index contributed by atoms with van der Waals surface area (Å²) in [5.41, 5.74) is 0.456. The van der Waals surface area contributed by atoms with Crippen LogP contribution in [0.3, 0.4) is 0 Å². The first-order valence-electron chi connectivity index (χ1n) is 6.21. The van der Waals surface area contributed by atoms with Gasteiger partial charge >= 0.3 is 0 Å². The topological polar surface area (TPSA) is 17.1 Å². The van der Waals surface area contributed by atoms with E-state index in [0.29, 0.717) is 5.41 Å². The van der Waals surface area contributed by atoms with Crippen molar-refractivity contribution in [1.82, 2.24) is 0 Å². The highest BCUT2D eigenvalue weighted by Crippen LogP contribution is 2.33. The van der Waals surface area contributed by atoms with Crippen LogP contribution < -0.4 is 0 Å². The number of carbonyl (C=O) groups is 1. The molecular weight excluding hydrogens is 208 g/mol. The summed E-state index contributed by atoms with van der Waals surface area (Å²) in [5.74, 6) is 0.126. The Labute approximate surface area is 98.6 Å². The lowest BCUT2D eigenvalue weighted by molar-refractivity contribution is -0.115. The Kier molecular flexibility index (Phi) is 5.11. The second kappa shape index (κ2) is 5.89. The molecule has 1 fully saturated rings. The lowest BCUT2D eigenvalue weighted by atomic mass is 9.79. The molecule has 88 valence electrons. The molecule has 0 amide bonds. The van der Waals surface area contributed by atoms with E-state index in [1.807, 2.05) is 0 Å². The van der Waals surface area contributed by atoms with E-state index in [-0.39, 0.29) is 11.2 Å². The van der Waals surface area contributed by atoms with Gasteiger partial charge in [-0.2, -0.15) is 0 Å². The summed E-state index contributed by atoms with van der Waals surface area (Å²) in [6.07, 6.45) is 9.42. The van der Waals surface area contributed by atoms with E-state index in [9.17, 15) is 4.79 Å². The Morgan fingerprint density at radius 1 is 1.07 bits per heavy atom. The van der Waals surface area contributed by atoms with Gasteiger partial charge < -0.3 is 0 Å². The molecule has 0 spiro atoms. The molecule has 0 aliphatic heterocycles. The molecular formula is C13H23ClO. The Morgan fingerprint density at radius 2 is 1.67 bits per heavy atom. The van der Waals surface area contributed by atoms with Crippen LogP contribution in [0, 0.1) is 11.3 Å². The van der Waals surface area contributed by atoms with Gasteiger partial charge in [0.2, 0.25) is 5.24 Å². The van der Waals surface area contributed by atoms with Gasteiger partial charge in [0.1, 0.15) is 0 Å². The summed E-state index contributed by atoms with van der Waals surface area (Å²) in [5, 5.41) is -0.117. The van der Waals surface area contributed by atoms with E-state index in [2.05, 4.69) is 13.8 Å². The van der Waals surface area contributed by atoms with Crippen molar-refractivity contribution in [3.05, 3.63) is 0 Å². The Hall–Kier alpha value is -0.0400. The minimum Gasteiger partial charge on any atom is -0.281 e. The van der Waals surface area contributed by atoms with Crippen molar-refractivity contribution in [2.75, 3.05) is 0 Å². The highest BCUT2D eigenvalue weighted by atomic mass is 35.5. The van der Waals surface area contributed by atoms with Crippen molar-refractivity contribution < 1.29 is 4.79 Å². The fourth-order valence-corrected chi connectivity index (χ4v) is 2.71. The van der Waals surface area contributed by atoms with Gasteiger partial charge in [0.15, 0.2) is 0 Å². The SMILES string of the molecule is CC1(C)CCCCCC(C(=O)Cl)CCC1. The van der Waals surface area contributed by atoms with Crippen LogP contribution in [0.5, 0.6) is 0 Å². The molecule has 0 radical (unpaired) electrons. The van der Waals surface area contributed by atoms with E-state index < -0.39 is 0 Å². The molecule has 0 heterocycles. The van der Waals surface area contributed by atoms with Crippen molar-refractivity contribution in [2.45, 2.75) is 65.2 Å². The highest BCUT2D eigenvalue weighted by Gasteiger charge is 2.22. The molecule has 0 bridgehead atoms. The van der Waals surface area contributed by atoms with Crippen LogP contribution in [0.25, 0.3) is 0 Å². The monoisotopic (exact) mass is 230 g/mol. The quantitative estimate of drug-likeness (QED) is 0.605. The molecule has 0 aromatic heterocycles. The molecule has 1 nitrogen and oxygen atoms in total. The van der Waals surface area contributed by atoms with Crippen LogP contribution in [-0.4, -0.2) is 5.24 Å². The Morgan fingerprint density at radius 3 is 2.33 bits per heavy atom. The minimum absolute atomic E-state index is 0.117. The van der Waals surface area contributed by atoms with Crippen molar-refractivity contribution in [3.8, 4) is 0 Å². The van der Waals surface area contributed by atoms with Gasteiger partial charge in [0.25, 0.3) is 0 Å². The zero-order valence-corrected chi connectivity index (χ0v) is 10.8. The van der Waals surface area contributed by atoms with Crippen LogP contribution in [0.2, 0.25) is 0 Å². The maximum atomic E-state index is 11.2. The maximum absolute atomic E-state index is 11.2. The molecule has 0 aromatic carbocycles. The Balaban J connectivity index is 2.47. The second-order valence-corrected chi connectivity index (χ2v) is 6.03. The third-order valence-corrected chi connectivity index (χ3v) is 3.94. The van der Waals surface area contributed by atoms with Crippen LogP contribution in [0.1, 0.15) is 65.2 Å². The van der Waals surface area contributed by atoms with Gasteiger partial charge in [0, 0.05) is 5.92 Å². The second-order valence-electron chi connectivity index (χ2n) is 5.66. The van der Waals surface area contributed by atoms with Crippen molar-refractivity contribution >= 4 is 16.8 Å². The molecule has 0 saturated heterocycles. The van der Waals surface area contributed by atoms with E-state index in [1.165, 1.54) is 32.1 Å². The largest absolute Gasteiger partial charge is 0.281 e. The van der Waals surface area contributed by atoms with Gasteiger partial charge in [-0.1, -0.05) is 39.5 Å². The van der Waals surface area contributed by atoms with Crippen LogP contribution in [0.4, 0.5) is 0 Å². The summed E-state index contributed by atoms with van der Waals surface area (Å²) in [7, 11) is 0. The molecule has 0 N–H and O–H groups in total. The van der Waals surface area contributed by atoms with E-state index in [4.69, 9.17) is 11.6 Å². The fourth-order valence-electron chi connectivity index (χ4n) is 2.49. The van der Waals surface area contributed by atoms with Gasteiger partial charge in [-0.05, 0) is 42.7 Å². The van der Waals surface area contributed by atoms with Crippen molar-refractivity contribution in [1.29, 1.82) is 0 Å². The summed E-state index contributed by atoms with van der Waals surface area (Å²) >= 11 is 5.61. The van der Waals surface area contributed by atoms with Crippen molar-refractivity contribution in [3.63, 3.8) is 0 Å². The predicted octanol–water partition coefficient (Wildman–Crippen LogP) is 4.53. The zero-order valence-electron chi connectivity index (χ0n) is 10.0. The highest BCUT2D eigenvalue weighted by molar-refractivity contribution is 6.63. The number of carbonyl (C=O) groups excluding carboxylic acids is 1. The molecule has 1 rings (SSSR count). The van der Waals surface area contributed by atoms with E-state index in [1.54, 1.807) is 0 Å². The number of rotatable bonds is 1. The minimum atomic E-state index is -0.117. The van der Waals surface area contributed by atoms with Crippen molar-refractivity contribution in [2.24, 2.45) is 11.3 Å². The summed E-state index contributed by atoms with van der Waals surface area (Å²) < 4.78 is 0. The zero-order chi connectivity index (χ0) is 11.3. The number of halogens is 1. The van der Waals surface area contributed by atoms with Gasteiger partial charge in [-0.3, -0.25) is 4.79 Å². The average molecular weight is 231 g/mol. The molecule has 1 aliphatic rings. The molecule has 1 atom stereocenters. The number of hydrogen-bond donors (Lipinski definition) is 0. The molecule has 15 heavy (non-hydrogen) atoms. The maximum Gasteiger partial charge on any atom is 0.224 e. The number of hydrogen-bond acceptors (Lipinski definition) is 1.